The van der Waals surface area contributed by atoms with Crippen LogP contribution < -0.4 is 10.5 Å². The Labute approximate surface area is 116 Å². The molecule has 0 bridgehead atoms. The zero-order chi connectivity index (χ0) is 14.3. The number of aromatic nitrogens is 4. The van der Waals surface area contributed by atoms with Gasteiger partial charge in [0.1, 0.15) is 5.75 Å². The van der Waals surface area contributed by atoms with E-state index in [1.54, 1.807) is 7.11 Å². The summed E-state index contributed by atoms with van der Waals surface area (Å²) in [4.78, 5) is 4.39. The molecule has 0 spiro atoms. The minimum Gasteiger partial charge on any atom is -0.497 e. The summed E-state index contributed by atoms with van der Waals surface area (Å²) in [6, 6.07) is 5.78. The molecular formula is C14H17N5O. The van der Waals surface area contributed by atoms with E-state index < -0.39 is 0 Å². The van der Waals surface area contributed by atoms with Crippen molar-refractivity contribution in [2.45, 2.75) is 13.5 Å². The number of nitrogens with zero attached hydrogens (tertiary/aromatic N) is 4. The van der Waals surface area contributed by atoms with E-state index in [0.29, 0.717) is 12.5 Å². The molecule has 0 amide bonds. The molecule has 0 aliphatic heterocycles. The van der Waals surface area contributed by atoms with E-state index >= 15 is 0 Å². The molecule has 2 N–H and O–H groups in total. The van der Waals surface area contributed by atoms with Gasteiger partial charge in [0.25, 0.3) is 0 Å². The number of nitrogen functional groups attached to an aromatic ring is 1. The summed E-state index contributed by atoms with van der Waals surface area (Å²) < 4.78 is 9.00. The predicted molar refractivity (Wildman–Crippen MR) is 77.7 cm³/mol. The summed E-state index contributed by atoms with van der Waals surface area (Å²) in [5.41, 5.74) is 10.00. The molecule has 6 heteroatoms. The van der Waals surface area contributed by atoms with Crippen molar-refractivity contribution in [3.63, 3.8) is 0 Å². The molecule has 2 aromatic heterocycles. The second kappa shape index (κ2) is 4.56. The lowest BCUT2D eigenvalue weighted by atomic mass is 10.2. The summed E-state index contributed by atoms with van der Waals surface area (Å²) in [5.74, 6) is 1.27. The fraction of sp³-hybridized carbons (Fsp3) is 0.286. The van der Waals surface area contributed by atoms with Gasteiger partial charge in [-0.05, 0) is 19.1 Å². The fourth-order valence-corrected chi connectivity index (χ4v) is 2.40. The second-order valence-electron chi connectivity index (χ2n) is 4.82. The van der Waals surface area contributed by atoms with Crippen LogP contribution >= 0.6 is 0 Å². The van der Waals surface area contributed by atoms with Gasteiger partial charge >= 0.3 is 0 Å². The first kappa shape index (κ1) is 12.5. The van der Waals surface area contributed by atoms with Crippen LogP contribution in [-0.4, -0.2) is 26.4 Å². The predicted octanol–water partition coefficient (Wildman–Crippen LogP) is 1.72. The van der Waals surface area contributed by atoms with E-state index in [-0.39, 0.29) is 0 Å². The number of aryl methyl sites for hydroxylation is 2. The number of fused-ring (bicyclic) bond motifs is 1. The van der Waals surface area contributed by atoms with E-state index in [0.717, 1.165) is 28.0 Å². The Balaban J connectivity index is 2.07. The molecule has 0 saturated heterocycles. The first-order valence-corrected chi connectivity index (χ1v) is 6.37. The zero-order valence-electron chi connectivity index (χ0n) is 11.8. The van der Waals surface area contributed by atoms with Crippen LogP contribution in [0.25, 0.3) is 11.0 Å². The standard InChI is InChI=1S/C14H17N5O/c1-9-10(7-18(2)17-9)8-19-13-5-4-11(20-3)6-12(13)16-14(19)15/h4-7H,8H2,1-3H3,(H2,15,16). The molecule has 3 aromatic rings. The summed E-state index contributed by atoms with van der Waals surface area (Å²) in [7, 11) is 3.55. The van der Waals surface area contributed by atoms with E-state index in [4.69, 9.17) is 10.5 Å². The van der Waals surface area contributed by atoms with Crippen LogP contribution in [0, 0.1) is 6.92 Å². The van der Waals surface area contributed by atoms with Crippen molar-refractivity contribution in [1.82, 2.24) is 19.3 Å². The molecule has 0 aliphatic carbocycles. The number of rotatable bonds is 3. The first-order valence-electron chi connectivity index (χ1n) is 6.37. The van der Waals surface area contributed by atoms with Gasteiger partial charge in [-0.15, -0.1) is 0 Å². The summed E-state index contributed by atoms with van der Waals surface area (Å²) in [6.45, 7) is 2.65. The number of hydrogen-bond acceptors (Lipinski definition) is 4. The molecule has 0 unspecified atom stereocenters. The van der Waals surface area contributed by atoms with Crippen LogP contribution in [0.5, 0.6) is 5.75 Å². The van der Waals surface area contributed by atoms with Crippen LogP contribution in [-0.2, 0) is 13.6 Å². The molecule has 6 nitrogen and oxygen atoms in total. The highest BCUT2D eigenvalue weighted by molar-refractivity contribution is 5.80. The largest absolute Gasteiger partial charge is 0.497 e. The van der Waals surface area contributed by atoms with Gasteiger partial charge in [0.2, 0.25) is 5.95 Å². The normalized spacial score (nSPS) is 11.2. The van der Waals surface area contributed by atoms with E-state index in [2.05, 4.69) is 10.1 Å². The maximum Gasteiger partial charge on any atom is 0.201 e. The van der Waals surface area contributed by atoms with Gasteiger partial charge in [-0.1, -0.05) is 0 Å². The Bertz CT molecular complexity index is 771. The molecule has 0 fully saturated rings. The smallest absolute Gasteiger partial charge is 0.201 e. The SMILES string of the molecule is COc1ccc2c(c1)nc(N)n2Cc1cn(C)nc1C. The Kier molecular flexibility index (Phi) is 2.85. The lowest BCUT2D eigenvalue weighted by molar-refractivity contribution is 0.415. The minimum absolute atomic E-state index is 0.497. The number of methoxy groups -OCH3 is 1. The van der Waals surface area contributed by atoms with Crippen molar-refractivity contribution >= 4 is 17.0 Å². The van der Waals surface area contributed by atoms with Crippen LogP contribution in [0.1, 0.15) is 11.3 Å². The summed E-state index contributed by atoms with van der Waals surface area (Å²) in [6.07, 6.45) is 2.00. The number of hydrogen-bond donors (Lipinski definition) is 1. The maximum absolute atomic E-state index is 6.03. The average molecular weight is 271 g/mol. The van der Waals surface area contributed by atoms with E-state index in [1.807, 2.05) is 47.6 Å². The van der Waals surface area contributed by atoms with Crippen LogP contribution in [0.15, 0.2) is 24.4 Å². The molecular weight excluding hydrogens is 254 g/mol. The molecule has 0 radical (unpaired) electrons. The third-order valence-electron chi connectivity index (χ3n) is 3.43. The van der Waals surface area contributed by atoms with Crippen molar-refractivity contribution in [3.05, 3.63) is 35.7 Å². The molecule has 0 aliphatic rings. The van der Waals surface area contributed by atoms with Gasteiger partial charge in [-0.3, -0.25) is 4.68 Å². The average Bonchev–Trinajstić information content (AvgIpc) is 2.89. The number of ether oxygens (including phenoxy) is 1. The molecule has 3 rings (SSSR count). The highest BCUT2D eigenvalue weighted by Crippen LogP contribution is 2.24. The minimum atomic E-state index is 0.497. The van der Waals surface area contributed by atoms with E-state index in [9.17, 15) is 0 Å². The molecule has 104 valence electrons. The van der Waals surface area contributed by atoms with Gasteiger partial charge in [-0.25, -0.2) is 4.98 Å². The second-order valence-corrected chi connectivity index (χ2v) is 4.82. The fourth-order valence-electron chi connectivity index (χ4n) is 2.40. The summed E-state index contributed by atoms with van der Waals surface area (Å²) in [5, 5.41) is 4.35. The van der Waals surface area contributed by atoms with Crippen LogP contribution in [0.2, 0.25) is 0 Å². The Morgan fingerprint density at radius 2 is 2.15 bits per heavy atom. The Morgan fingerprint density at radius 3 is 2.80 bits per heavy atom. The lowest BCUT2D eigenvalue weighted by Gasteiger charge is -2.06. The van der Waals surface area contributed by atoms with Crippen molar-refractivity contribution in [2.24, 2.45) is 7.05 Å². The van der Waals surface area contributed by atoms with Crippen LogP contribution in [0.4, 0.5) is 5.95 Å². The van der Waals surface area contributed by atoms with Gasteiger partial charge in [0, 0.05) is 24.9 Å². The molecule has 20 heavy (non-hydrogen) atoms. The lowest BCUT2D eigenvalue weighted by Crippen LogP contribution is -2.04. The maximum atomic E-state index is 6.03. The van der Waals surface area contributed by atoms with Crippen molar-refractivity contribution in [3.8, 4) is 5.75 Å². The summed E-state index contributed by atoms with van der Waals surface area (Å²) >= 11 is 0. The van der Waals surface area contributed by atoms with Crippen LogP contribution in [0.3, 0.4) is 0 Å². The van der Waals surface area contributed by atoms with Crippen molar-refractivity contribution in [1.29, 1.82) is 0 Å². The molecule has 0 saturated carbocycles. The topological polar surface area (TPSA) is 70.9 Å². The van der Waals surface area contributed by atoms with Gasteiger partial charge < -0.3 is 15.0 Å². The molecule has 1 aromatic carbocycles. The number of nitrogens with two attached hydrogens (primary N) is 1. The number of imidazole rings is 1. The first-order chi connectivity index (χ1) is 9.58. The van der Waals surface area contributed by atoms with Crippen molar-refractivity contribution < 1.29 is 4.74 Å². The number of benzene rings is 1. The zero-order valence-corrected chi connectivity index (χ0v) is 11.8. The van der Waals surface area contributed by atoms with Gasteiger partial charge in [0.05, 0.1) is 30.4 Å². The Hall–Kier alpha value is -2.50. The third kappa shape index (κ3) is 1.99. The molecule has 2 heterocycles. The highest BCUT2D eigenvalue weighted by atomic mass is 16.5. The molecule has 0 atom stereocenters. The Morgan fingerprint density at radius 1 is 1.35 bits per heavy atom. The highest BCUT2D eigenvalue weighted by Gasteiger charge is 2.12. The van der Waals surface area contributed by atoms with Crippen molar-refractivity contribution in [2.75, 3.05) is 12.8 Å². The third-order valence-corrected chi connectivity index (χ3v) is 3.43. The van der Waals surface area contributed by atoms with E-state index in [1.165, 1.54) is 0 Å². The van der Waals surface area contributed by atoms with Gasteiger partial charge in [0.15, 0.2) is 0 Å². The quantitative estimate of drug-likeness (QED) is 0.787. The monoisotopic (exact) mass is 271 g/mol. The number of anilines is 1. The van der Waals surface area contributed by atoms with Gasteiger partial charge in [-0.2, -0.15) is 5.10 Å².